The summed E-state index contributed by atoms with van der Waals surface area (Å²) in [5, 5.41) is 0.260. The maximum atomic E-state index is 12.3. The molecule has 2 rings (SSSR count). The number of sulfonamides is 1. The van der Waals surface area contributed by atoms with Gasteiger partial charge in [-0.3, -0.25) is 0 Å². The van der Waals surface area contributed by atoms with Crippen molar-refractivity contribution in [3.8, 4) is 0 Å². The molecule has 1 aromatic carbocycles. The molecule has 0 fully saturated rings. The molecule has 1 heterocycles. The standard InChI is InChI=1S/C9H7Cl2FN2O2S/c10-6-3-7(11)9-8(4-6)14(2-1-12)5-13-17(9,15)16/h3-5H,1-2H2. The van der Waals surface area contributed by atoms with Crippen molar-refractivity contribution in [3.63, 3.8) is 0 Å². The lowest BCUT2D eigenvalue weighted by molar-refractivity contribution is 0.503. The first kappa shape index (κ1) is 12.6. The molecular formula is C9H7Cl2FN2O2S. The van der Waals surface area contributed by atoms with E-state index in [0.717, 1.165) is 6.34 Å². The van der Waals surface area contributed by atoms with Crippen molar-refractivity contribution in [2.45, 2.75) is 4.90 Å². The summed E-state index contributed by atoms with van der Waals surface area (Å²) in [6.07, 6.45) is 1.06. The highest BCUT2D eigenvalue weighted by molar-refractivity contribution is 7.90. The summed E-state index contributed by atoms with van der Waals surface area (Å²) in [5.41, 5.74) is 0.246. The third-order valence-corrected chi connectivity index (χ3v) is 4.15. The molecule has 0 saturated carbocycles. The van der Waals surface area contributed by atoms with E-state index in [1.807, 2.05) is 0 Å². The van der Waals surface area contributed by atoms with Gasteiger partial charge in [-0.15, -0.1) is 4.40 Å². The van der Waals surface area contributed by atoms with Crippen LogP contribution in [-0.2, 0) is 10.0 Å². The van der Waals surface area contributed by atoms with Crippen molar-refractivity contribution < 1.29 is 12.8 Å². The quantitative estimate of drug-likeness (QED) is 0.842. The van der Waals surface area contributed by atoms with Crippen LogP contribution in [0.4, 0.5) is 10.1 Å². The Bertz CT molecular complexity index is 589. The number of hydrogen-bond acceptors (Lipinski definition) is 3. The van der Waals surface area contributed by atoms with Crippen LogP contribution in [0.25, 0.3) is 0 Å². The van der Waals surface area contributed by atoms with Gasteiger partial charge in [0.15, 0.2) is 0 Å². The zero-order valence-electron chi connectivity index (χ0n) is 8.40. The highest BCUT2D eigenvalue weighted by Gasteiger charge is 2.28. The molecule has 0 aliphatic carbocycles. The van der Waals surface area contributed by atoms with E-state index in [2.05, 4.69) is 4.40 Å². The van der Waals surface area contributed by atoms with Gasteiger partial charge >= 0.3 is 0 Å². The molecule has 0 radical (unpaired) electrons. The summed E-state index contributed by atoms with van der Waals surface area (Å²) in [6.45, 7) is -0.654. The van der Waals surface area contributed by atoms with Crippen LogP contribution in [0.1, 0.15) is 0 Å². The minimum Gasteiger partial charge on any atom is -0.328 e. The lowest BCUT2D eigenvalue weighted by Crippen LogP contribution is -2.29. The molecule has 0 saturated heterocycles. The molecule has 17 heavy (non-hydrogen) atoms. The fraction of sp³-hybridized carbons (Fsp3) is 0.222. The van der Waals surface area contributed by atoms with E-state index in [9.17, 15) is 12.8 Å². The van der Waals surface area contributed by atoms with Crippen LogP contribution < -0.4 is 4.90 Å². The summed E-state index contributed by atoms with van der Waals surface area (Å²) >= 11 is 11.6. The van der Waals surface area contributed by atoms with Gasteiger partial charge < -0.3 is 4.90 Å². The van der Waals surface area contributed by atoms with Crippen molar-refractivity contribution in [2.24, 2.45) is 4.40 Å². The van der Waals surface area contributed by atoms with E-state index < -0.39 is 16.7 Å². The van der Waals surface area contributed by atoms with Crippen LogP contribution in [0.2, 0.25) is 10.0 Å². The van der Waals surface area contributed by atoms with Crippen molar-refractivity contribution in [3.05, 3.63) is 22.2 Å². The predicted octanol–water partition coefficient (Wildman–Crippen LogP) is 2.50. The SMILES string of the molecule is O=S1(=O)N=CN(CCF)c2cc(Cl)cc(Cl)c21. The number of anilines is 1. The smallest absolute Gasteiger partial charge is 0.287 e. The maximum Gasteiger partial charge on any atom is 0.287 e. The zero-order valence-corrected chi connectivity index (χ0v) is 10.7. The van der Waals surface area contributed by atoms with Crippen LogP contribution >= 0.6 is 23.2 Å². The van der Waals surface area contributed by atoms with Gasteiger partial charge in [-0.1, -0.05) is 23.2 Å². The topological polar surface area (TPSA) is 49.7 Å². The first-order chi connectivity index (χ1) is 7.95. The molecule has 0 amide bonds. The normalized spacial score (nSPS) is 17.0. The van der Waals surface area contributed by atoms with Gasteiger partial charge in [-0.25, -0.2) is 4.39 Å². The fourth-order valence-corrected chi connectivity index (χ4v) is 3.38. The number of nitrogens with zero attached hydrogens (tertiary/aromatic N) is 2. The number of fused-ring (bicyclic) bond motifs is 1. The zero-order chi connectivity index (χ0) is 12.6. The van der Waals surface area contributed by atoms with Crippen LogP contribution in [0.3, 0.4) is 0 Å². The van der Waals surface area contributed by atoms with Crippen LogP contribution in [-0.4, -0.2) is 28.0 Å². The van der Waals surface area contributed by atoms with E-state index in [-0.39, 0.29) is 27.2 Å². The van der Waals surface area contributed by atoms with Gasteiger partial charge in [-0.05, 0) is 12.1 Å². The van der Waals surface area contributed by atoms with Crippen LogP contribution in [0.5, 0.6) is 0 Å². The minimum atomic E-state index is -3.83. The van der Waals surface area contributed by atoms with Crippen molar-refractivity contribution in [2.75, 3.05) is 18.1 Å². The van der Waals surface area contributed by atoms with E-state index in [1.54, 1.807) is 0 Å². The highest BCUT2D eigenvalue weighted by atomic mass is 35.5. The van der Waals surface area contributed by atoms with E-state index in [0.29, 0.717) is 0 Å². The van der Waals surface area contributed by atoms with Crippen molar-refractivity contribution in [1.29, 1.82) is 0 Å². The molecule has 0 unspecified atom stereocenters. The van der Waals surface area contributed by atoms with Crippen LogP contribution in [0.15, 0.2) is 21.4 Å². The number of rotatable bonds is 2. The average Bonchev–Trinajstić information content (AvgIpc) is 2.21. The van der Waals surface area contributed by atoms with E-state index >= 15 is 0 Å². The molecule has 8 heteroatoms. The van der Waals surface area contributed by atoms with Gasteiger partial charge in [0.05, 0.1) is 17.3 Å². The second-order valence-corrected chi connectivity index (χ2v) is 5.73. The number of hydrogen-bond donors (Lipinski definition) is 0. The van der Waals surface area contributed by atoms with Crippen molar-refractivity contribution in [1.82, 2.24) is 0 Å². The lowest BCUT2D eigenvalue weighted by Gasteiger charge is -2.24. The summed E-state index contributed by atoms with van der Waals surface area (Å²) in [6, 6.07) is 2.73. The predicted molar refractivity (Wildman–Crippen MR) is 65.5 cm³/mol. The molecular weight excluding hydrogens is 290 g/mol. The number of alkyl halides is 1. The first-order valence-corrected chi connectivity index (χ1v) is 6.77. The molecule has 0 bridgehead atoms. The number of benzene rings is 1. The van der Waals surface area contributed by atoms with Gasteiger partial charge in [-0.2, -0.15) is 8.42 Å². The Morgan fingerprint density at radius 2 is 2.06 bits per heavy atom. The van der Waals surface area contributed by atoms with Gasteiger partial charge in [0.1, 0.15) is 17.9 Å². The lowest BCUT2D eigenvalue weighted by atomic mass is 10.3. The molecule has 0 spiro atoms. The molecule has 1 aliphatic rings. The van der Waals surface area contributed by atoms with E-state index in [1.165, 1.54) is 17.0 Å². The summed E-state index contributed by atoms with van der Waals surface area (Å²) in [5.74, 6) is 0. The Morgan fingerprint density at radius 1 is 1.35 bits per heavy atom. The minimum absolute atomic E-state index is 0.0112. The van der Waals surface area contributed by atoms with E-state index in [4.69, 9.17) is 23.2 Å². The molecule has 0 atom stereocenters. The molecule has 0 N–H and O–H groups in total. The van der Waals surface area contributed by atoms with Gasteiger partial charge in [0.25, 0.3) is 10.0 Å². The second-order valence-electron chi connectivity index (χ2n) is 3.31. The maximum absolute atomic E-state index is 12.3. The Kier molecular flexibility index (Phi) is 3.29. The fourth-order valence-electron chi connectivity index (χ4n) is 1.52. The Balaban J connectivity index is 2.69. The van der Waals surface area contributed by atoms with Gasteiger partial charge in [0, 0.05) is 5.02 Å². The first-order valence-electron chi connectivity index (χ1n) is 4.58. The Labute approximate surface area is 108 Å². The van der Waals surface area contributed by atoms with Crippen LogP contribution in [0, 0.1) is 0 Å². The molecule has 1 aliphatic heterocycles. The molecule has 92 valence electrons. The third kappa shape index (κ3) is 2.25. The average molecular weight is 297 g/mol. The molecule has 0 aromatic heterocycles. The largest absolute Gasteiger partial charge is 0.328 e. The highest BCUT2D eigenvalue weighted by Crippen LogP contribution is 2.37. The number of halogens is 3. The summed E-state index contributed by atoms with van der Waals surface area (Å²) < 4.78 is 39.1. The Morgan fingerprint density at radius 3 is 2.71 bits per heavy atom. The third-order valence-electron chi connectivity index (χ3n) is 2.21. The molecule has 4 nitrogen and oxygen atoms in total. The monoisotopic (exact) mass is 296 g/mol. The second kappa shape index (κ2) is 4.44. The summed E-state index contributed by atoms with van der Waals surface area (Å²) in [4.78, 5) is 1.22. The summed E-state index contributed by atoms with van der Waals surface area (Å²) in [7, 11) is -3.83. The van der Waals surface area contributed by atoms with Crippen molar-refractivity contribution >= 4 is 45.3 Å². The van der Waals surface area contributed by atoms with Gasteiger partial charge in [0.2, 0.25) is 0 Å². The Hall–Kier alpha value is -0.850. The molecule has 1 aromatic rings.